The van der Waals surface area contributed by atoms with Crippen LogP contribution in [0.25, 0.3) is 11.0 Å². The number of hydrogen-bond donors (Lipinski definition) is 1. The molecule has 0 bridgehead atoms. The summed E-state index contributed by atoms with van der Waals surface area (Å²) in [6.07, 6.45) is 1.51. The fourth-order valence-electron chi connectivity index (χ4n) is 2.15. The molecular weight excluding hydrogens is 270 g/mol. The van der Waals surface area contributed by atoms with E-state index in [1.165, 1.54) is 18.3 Å². The number of nitrogens with zero attached hydrogens (tertiary/aromatic N) is 2. The molecule has 3 aromatic rings. The number of benzene rings is 1. The number of rotatable bonds is 4. The molecule has 0 aliphatic rings. The van der Waals surface area contributed by atoms with Gasteiger partial charge in [0.2, 0.25) is 5.82 Å². The van der Waals surface area contributed by atoms with Gasteiger partial charge in [-0.15, -0.1) is 0 Å². The number of nitro groups is 1. The van der Waals surface area contributed by atoms with E-state index >= 15 is 0 Å². The van der Waals surface area contributed by atoms with Crippen molar-refractivity contribution in [3.8, 4) is 0 Å². The number of nitrogens with one attached hydrogen (secondary N) is 1. The summed E-state index contributed by atoms with van der Waals surface area (Å²) in [5.74, 6) is 0.937. The fourth-order valence-corrected chi connectivity index (χ4v) is 2.15. The average Bonchev–Trinajstić information content (AvgIpc) is 2.91. The van der Waals surface area contributed by atoms with Crippen LogP contribution in [0.4, 0.5) is 11.5 Å². The standard InChI is InChI=1S/C15H13N3O3/c1-10(14-9-11-5-2-3-7-13(11)21-14)17-15-12(18(19)20)6-4-8-16-15/h2-10H,1H3,(H,16,17)/t10-/m0/s1. The number of anilines is 1. The van der Waals surface area contributed by atoms with E-state index in [1.54, 1.807) is 0 Å². The van der Waals surface area contributed by atoms with E-state index in [0.717, 1.165) is 11.0 Å². The lowest BCUT2D eigenvalue weighted by Crippen LogP contribution is -2.08. The van der Waals surface area contributed by atoms with Crippen molar-refractivity contribution in [1.29, 1.82) is 0 Å². The Kier molecular flexibility index (Phi) is 3.27. The average molecular weight is 283 g/mol. The van der Waals surface area contributed by atoms with Crippen LogP contribution in [0, 0.1) is 10.1 Å². The summed E-state index contributed by atoms with van der Waals surface area (Å²) in [5.41, 5.74) is 0.733. The first kappa shape index (κ1) is 13.1. The van der Waals surface area contributed by atoms with Gasteiger partial charge in [0.1, 0.15) is 11.3 Å². The second kappa shape index (κ2) is 5.24. The van der Waals surface area contributed by atoms with Crippen LogP contribution in [-0.2, 0) is 0 Å². The Labute approximate surface area is 120 Å². The molecule has 0 fully saturated rings. The molecule has 0 saturated carbocycles. The minimum absolute atomic E-state index is 0.0551. The topological polar surface area (TPSA) is 81.2 Å². The van der Waals surface area contributed by atoms with Gasteiger partial charge in [-0.3, -0.25) is 10.1 Å². The molecule has 0 spiro atoms. The SMILES string of the molecule is C[C@H](Nc1ncccc1[N+](=O)[O-])c1cc2ccccc2o1. The van der Waals surface area contributed by atoms with Crippen LogP contribution in [0.3, 0.4) is 0 Å². The molecule has 0 unspecified atom stereocenters. The second-order valence-corrected chi connectivity index (χ2v) is 4.68. The second-order valence-electron chi connectivity index (χ2n) is 4.68. The highest BCUT2D eigenvalue weighted by molar-refractivity contribution is 5.78. The third-order valence-electron chi connectivity index (χ3n) is 3.21. The van der Waals surface area contributed by atoms with Crippen molar-refractivity contribution in [3.63, 3.8) is 0 Å². The Bertz CT molecular complexity index is 764. The molecule has 0 aliphatic heterocycles. The Hall–Kier alpha value is -2.89. The third-order valence-corrected chi connectivity index (χ3v) is 3.21. The van der Waals surface area contributed by atoms with Gasteiger partial charge >= 0.3 is 5.69 Å². The van der Waals surface area contributed by atoms with Gasteiger partial charge in [0.05, 0.1) is 11.0 Å². The molecule has 3 rings (SSSR count). The lowest BCUT2D eigenvalue weighted by Gasteiger charge is -2.11. The normalized spacial score (nSPS) is 12.2. The van der Waals surface area contributed by atoms with Crippen LogP contribution in [0.15, 0.2) is 53.1 Å². The van der Waals surface area contributed by atoms with Crippen molar-refractivity contribution in [2.45, 2.75) is 13.0 Å². The van der Waals surface area contributed by atoms with Gasteiger partial charge in [-0.05, 0) is 25.1 Å². The summed E-state index contributed by atoms with van der Waals surface area (Å²) >= 11 is 0. The molecule has 2 aromatic heterocycles. The summed E-state index contributed by atoms with van der Waals surface area (Å²) in [5, 5.41) is 15.0. The van der Waals surface area contributed by atoms with Crippen molar-refractivity contribution in [3.05, 3.63) is 64.5 Å². The maximum absolute atomic E-state index is 11.0. The molecule has 0 radical (unpaired) electrons. The smallest absolute Gasteiger partial charge is 0.311 e. The summed E-state index contributed by atoms with van der Waals surface area (Å²) < 4.78 is 5.74. The molecule has 0 saturated heterocycles. The molecule has 1 atom stereocenters. The first-order valence-electron chi connectivity index (χ1n) is 6.49. The van der Waals surface area contributed by atoms with E-state index in [9.17, 15) is 10.1 Å². The monoisotopic (exact) mass is 283 g/mol. The summed E-state index contributed by atoms with van der Waals surface area (Å²) in [6, 6.07) is 12.3. The van der Waals surface area contributed by atoms with Crippen molar-refractivity contribution in [1.82, 2.24) is 4.98 Å². The van der Waals surface area contributed by atoms with Gasteiger partial charge in [-0.1, -0.05) is 18.2 Å². The summed E-state index contributed by atoms with van der Waals surface area (Å²) in [4.78, 5) is 14.6. The number of hydrogen-bond acceptors (Lipinski definition) is 5. The van der Waals surface area contributed by atoms with Crippen molar-refractivity contribution in [2.24, 2.45) is 0 Å². The van der Waals surface area contributed by atoms with Gasteiger partial charge in [0, 0.05) is 17.6 Å². The Morgan fingerprint density at radius 3 is 2.86 bits per heavy atom. The molecule has 106 valence electrons. The number of para-hydroxylation sites is 1. The Balaban J connectivity index is 1.89. The van der Waals surface area contributed by atoms with Crippen molar-refractivity contribution >= 4 is 22.5 Å². The fraction of sp³-hybridized carbons (Fsp3) is 0.133. The van der Waals surface area contributed by atoms with Gasteiger partial charge in [0.15, 0.2) is 0 Å². The van der Waals surface area contributed by atoms with Crippen LogP contribution in [0.1, 0.15) is 18.7 Å². The number of fused-ring (bicyclic) bond motifs is 1. The van der Waals surface area contributed by atoms with Crippen molar-refractivity contribution < 1.29 is 9.34 Å². The van der Waals surface area contributed by atoms with Crippen LogP contribution in [0.5, 0.6) is 0 Å². The highest BCUT2D eigenvalue weighted by atomic mass is 16.6. The molecule has 6 heteroatoms. The predicted octanol–water partition coefficient (Wildman–Crippen LogP) is 3.91. The van der Waals surface area contributed by atoms with Gasteiger partial charge in [0.25, 0.3) is 0 Å². The lowest BCUT2D eigenvalue weighted by molar-refractivity contribution is -0.384. The quantitative estimate of drug-likeness (QED) is 0.580. The molecule has 21 heavy (non-hydrogen) atoms. The maximum atomic E-state index is 11.0. The zero-order chi connectivity index (χ0) is 14.8. The van der Waals surface area contributed by atoms with Gasteiger partial charge < -0.3 is 9.73 Å². The van der Waals surface area contributed by atoms with Crippen LogP contribution >= 0.6 is 0 Å². The van der Waals surface area contributed by atoms with Crippen LogP contribution < -0.4 is 5.32 Å². The molecule has 0 aliphatic carbocycles. The predicted molar refractivity (Wildman–Crippen MR) is 79.1 cm³/mol. The first-order valence-corrected chi connectivity index (χ1v) is 6.49. The third kappa shape index (κ3) is 2.55. The highest BCUT2D eigenvalue weighted by Gasteiger charge is 2.18. The maximum Gasteiger partial charge on any atom is 0.311 e. The Morgan fingerprint density at radius 2 is 2.10 bits per heavy atom. The summed E-state index contributed by atoms with van der Waals surface area (Å²) in [6.45, 7) is 1.87. The minimum atomic E-state index is -0.458. The van der Waals surface area contributed by atoms with E-state index < -0.39 is 4.92 Å². The largest absolute Gasteiger partial charge is 0.459 e. The Morgan fingerprint density at radius 1 is 1.29 bits per heavy atom. The van der Waals surface area contributed by atoms with Crippen molar-refractivity contribution in [2.75, 3.05) is 5.32 Å². The van der Waals surface area contributed by atoms with Crippen LogP contribution in [-0.4, -0.2) is 9.91 Å². The van der Waals surface area contributed by atoms with Gasteiger partial charge in [-0.2, -0.15) is 0 Å². The number of pyridine rings is 1. The van der Waals surface area contributed by atoms with Crippen LogP contribution in [0.2, 0.25) is 0 Å². The number of aromatic nitrogens is 1. The van der Waals surface area contributed by atoms with Gasteiger partial charge in [-0.25, -0.2) is 4.98 Å². The number of furan rings is 1. The molecule has 1 aromatic carbocycles. The zero-order valence-electron chi connectivity index (χ0n) is 11.3. The van der Waals surface area contributed by atoms with E-state index in [-0.39, 0.29) is 17.5 Å². The minimum Gasteiger partial charge on any atom is -0.459 e. The molecule has 6 nitrogen and oxygen atoms in total. The molecule has 2 heterocycles. The van der Waals surface area contributed by atoms with E-state index in [0.29, 0.717) is 5.76 Å². The first-order chi connectivity index (χ1) is 10.1. The molecule has 0 amide bonds. The van der Waals surface area contributed by atoms with E-state index in [1.807, 2.05) is 37.3 Å². The highest BCUT2D eigenvalue weighted by Crippen LogP contribution is 2.28. The lowest BCUT2D eigenvalue weighted by atomic mass is 10.2. The summed E-state index contributed by atoms with van der Waals surface area (Å²) in [7, 11) is 0. The molecular formula is C15H13N3O3. The zero-order valence-corrected chi connectivity index (χ0v) is 11.3. The van der Waals surface area contributed by atoms with E-state index in [4.69, 9.17) is 4.42 Å². The van der Waals surface area contributed by atoms with E-state index in [2.05, 4.69) is 10.3 Å². The molecule has 1 N–H and O–H groups in total.